The quantitative estimate of drug-likeness (QED) is 0.752. The molecule has 0 radical (unpaired) electrons. The van der Waals surface area contributed by atoms with Crippen molar-refractivity contribution in [3.05, 3.63) is 76.9 Å². The molecular weight excluding hydrogens is 220 g/mol. The summed E-state index contributed by atoms with van der Waals surface area (Å²) in [7, 11) is 0. The maximum absolute atomic E-state index is 9.80. The third-order valence-corrected chi connectivity index (χ3v) is 2.51. The van der Waals surface area contributed by atoms with Crippen LogP contribution in [-0.4, -0.2) is 5.11 Å². The van der Waals surface area contributed by atoms with E-state index in [0.717, 1.165) is 11.1 Å². The van der Waals surface area contributed by atoms with E-state index in [0.29, 0.717) is 5.02 Å². The van der Waals surface area contributed by atoms with Gasteiger partial charge in [0.05, 0.1) is 0 Å². The Balaban J connectivity index is 2.18. The zero-order valence-electron chi connectivity index (χ0n) is 8.60. The van der Waals surface area contributed by atoms with E-state index in [9.17, 15) is 5.11 Å². The van der Waals surface area contributed by atoms with Crippen molar-refractivity contribution in [1.82, 2.24) is 0 Å². The van der Waals surface area contributed by atoms with Gasteiger partial charge in [-0.2, -0.15) is 0 Å². The summed E-state index contributed by atoms with van der Waals surface area (Å²) in [5.41, 5.74) is 1.83. The van der Waals surface area contributed by atoms with Crippen LogP contribution in [0, 0.1) is 0 Å². The zero-order valence-corrected chi connectivity index (χ0v) is 9.35. The number of rotatable bonds is 2. The number of benzene rings is 1. The van der Waals surface area contributed by atoms with Crippen LogP contribution in [0.25, 0.3) is 5.76 Å². The summed E-state index contributed by atoms with van der Waals surface area (Å²) in [6.45, 7) is 0. The van der Waals surface area contributed by atoms with Gasteiger partial charge in [0.2, 0.25) is 0 Å². The molecule has 0 amide bonds. The van der Waals surface area contributed by atoms with Gasteiger partial charge in [0.15, 0.2) is 0 Å². The van der Waals surface area contributed by atoms with Crippen LogP contribution in [0.1, 0.15) is 5.56 Å². The van der Waals surface area contributed by atoms with E-state index in [1.807, 2.05) is 30.4 Å². The first-order valence-electron chi connectivity index (χ1n) is 4.97. The fourth-order valence-electron chi connectivity index (χ4n) is 1.39. The van der Waals surface area contributed by atoms with E-state index in [4.69, 9.17) is 11.6 Å². The van der Waals surface area contributed by atoms with Gasteiger partial charge >= 0.3 is 0 Å². The Hall–Kier alpha value is -1.73. The minimum atomic E-state index is 0.234. The molecular formula is C14H11ClO. The molecule has 2 heteroatoms. The number of hydrogen-bond donors (Lipinski definition) is 1. The van der Waals surface area contributed by atoms with Gasteiger partial charge in [0.1, 0.15) is 5.76 Å². The molecule has 80 valence electrons. The smallest absolute Gasteiger partial charge is 0.122 e. The van der Waals surface area contributed by atoms with Gasteiger partial charge in [-0.15, -0.1) is 0 Å². The molecule has 0 atom stereocenters. The van der Waals surface area contributed by atoms with Crippen molar-refractivity contribution in [3.63, 3.8) is 0 Å². The highest BCUT2D eigenvalue weighted by molar-refractivity contribution is 6.30. The summed E-state index contributed by atoms with van der Waals surface area (Å²) < 4.78 is 0. The van der Waals surface area contributed by atoms with Crippen molar-refractivity contribution in [1.29, 1.82) is 0 Å². The van der Waals surface area contributed by atoms with Crippen molar-refractivity contribution in [3.8, 4) is 0 Å². The second-order valence-electron chi connectivity index (χ2n) is 3.44. The molecule has 1 aromatic rings. The van der Waals surface area contributed by atoms with Gasteiger partial charge in [-0.3, -0.25) is 0 Å². The maximum Gasteiger partial charge on any atom is 0.122 e. The number of allylic oxidation sites excluding steroid dienone is 7. The summed E-state index contributed by atoms with van der Waals surface area (Å²) in [5.74, 6) is 0.234. The Kier molecular flexibility index (Phi) is 3.28. The molecule has 0 fully saturated rings. The van der Waals surface area contributed by atoms with Crippen LogP contribution < -0.4 is 0 Å². The minimum absolute atomic E-state index is 0.234. The van der Waals surface area contributed by atoms with Crippen molar-refractivity contribution < 1.29 is 5.11 Å². The van der Waals surface area contributed by atoms with Gasteiger partial charge < -0.3 is 5.11 Å². The van der Waals surface area contributed by atoms with Crippen molar-refractivity contribution in [2.45, 2.75) is 0 Å². The molecule has 1 aliphatic rings. The molecule has 1 aromatic carbocycles. The van der Waals surface area contributed by atoms with E-state index in [2.05, 4.69) is 0 Å². The molecule has 2 rings (SSSR count). The molecule has 0 heterocycles. The number of hydrogen-bond acceptors (Lipinski definition) is 1. The molecule has 0 spiro atoms. The molecule has 0 aliphatic heterocycles. The molecule has 1 aliphatic carbocycles. The van der Waals surface area contributed by atoms with Crippen LogP contribution in [0.2, 0.25) is 5.02 Å². The van der Waals surface area contributed by atoms with E-state index in [1.165, 1.54) is 0 Å². The highest BCUT2D eigenvalue weighted by Gasteiger charge is 1.97. The highest BCUT2D eigenvalue weighted by atomic mass is 35.5. The van der Waals surface area contributed by atoms with Crippen LogP contribution in [0.15, 0.2) is 66.3 Å². The maximum atomic E-state index is 9.80. The molecule has 16 heavy (non-hydrogen) atoms. The van der Waals surface area contributed by atoms with Crippen LogP contribution in [-0.2, 0) is 0 Å². The Morgan fingerprint density at radius 3 is 2.31 bits per heavy atom. The zero-order chi connectivity index (χ0) is 11.4. The van der Waals surface area contributed by atoms with Crippen molar-refractivity contribution >= 4 is 17.4 Å². The van der Waals surface area contributed by atoms with Crippen LogP contribution in [0.5, 0.6) is 0 Å². The van der Waals surface area contributed by atoms with Crippen molar-refractivity contribution in [2.75, 3.05) is 0 Å². The summed E-state index contributed by atoms with van der Waals surface area (Å²) in [5, 5.41) is 10.5. The first kappa shape index (κ1) is 10.8. The largest absolute Gasteiger partial charge is 0.507 e. The molecule has 0 aromatic heterocycles. The predicted molar refractivity (Wildman–Crippen MR) is 68.4 cm³/mol. The van der Waals surface area contributed by atoms with E-state index in [1.54, 1.807) is 30.3 Å². The summed E-state index contributed by atoms with van der Waals surface area (Å²) in [6.07, 6.45) is 11.4. The van der Waals surface area contributed by atoms with Crippen LogP contribution in [0.4, 0.5) is 0 Å². The average Bonchev–Trinajstić information content (AvgIpc) is 2.80. The average molecular weight is 231 g/mol. The van der Waals surface area contributed by atoms with Gasteiger partial charge in [0.25, 0.3) is 0 Å². The molecule has 1 nitrogen and oxygen atoms in total. The normalized spacial score (nSPS) is 14.6. The standard InChI is InChI=1S/C14H11ClO/c15-13-8-6-12(7-9-13)14(16)10-5-11-3-1-2-4-11/h1-10,16H/b14-10-. The van der Waals surface area contributed by atoms with E-state index < -0.39 is 0 Å². The molecule has 0 unspecified atom stereocenters. The molecule has 1 N–H and O–H groups in total. The number of halogens is 1. The second-order valence-corrected chi connectivity index (χ2v) is 3.88. The lowest BCUT2D eigenvalue weighted by Crippen LogP contribution is -1.81. The Bertz CT molecular complexity index is 476. The lowest BCUT2D eigenvalue weighted by atomic mass is 10.1. The topological polar surface area (TPSA) is 20.2 Å². The Labute approximate surface area is 99.7 Å². The van der Waals surface area contributed by atoms with E-state index >= 15 is 0 Å². The van der Waals surface area contributed by atoms with Gasteiger partial charge in [0, 0.05) is 10.6 Å². The van der Waals surface area contributed by atoms with E-state index in [-0.39, 0.29) is 5.76 Å². The minimum Gasteiger partial charge on any atom is -0.507 e. The number of aliphatic hydroxyl groups excluding tert-OH is 1. The predicted octanol–water partition coefficient (Wildman–Crippen LogP) is 4.29. The van der Waals surface area contributed by atoms with Crippen molar-refractivity contribution in [2.24, 2.45) is 0 Å². The summed E-state index contributed by atoms with van der Waals surface area (Å²) in [4.78, 5) is 0. The fourth-order valence-corrected chi connectivity index (χ4v) is 1.52. The fraction of sp³-hybridized carbons (Fsp3) is 0. The SMILES string of the molecule is O/C(=C\C=C1C=CC=C1)c1ccc(Cl)cc1. The molecule has 0 saturated carbocycles. The first-order valence-corrected chi connectivity index (χ1v) is 5.35. The van der Waals surface area contributed by atoms with Gasteiger partial charge in [-0.05, 0) is 35.9 Å². The Morgan fingerprint density at radius 1 is 1.06 bits per heavy atom. The summed E-state index contributed by atoms with van der Waals surface area (Å²) >= 11 is 5.77. The molecule has 0 saturated heterocycles. The third-order valence-electron chi connectivity index (χ3n) is 2.26. The second kappa shape index (κ2) is 4.86. The lowest BCUT2D eigenvalue weighted by molar-refractivity contribution is 0.512. The monoisotopic (exact) mass is 230 g/mol. The van der Waals surface area contributed by atoms with Crippen LogP contribution >= 0.6 is 11.6 Å². The summed E-state index contributed by atoms with van der Waals surface area (Å²) in [6, 6.07) is 7.08. The Morgan fingerprint density at radius 2 is 1.69 bits per heavy atom. The lowest BCUT2D eigenvalue weighted by Gasteiger charge is -1.98. The highest BCUT2D eigenvalue weighted by Crippen LogP contribution is 2.16. The first-order chi connectivity index (χ1) is 7.75. The van der Waals surface area contributed by atoms with Crippen LogP contribution in [0.3, 0.4) is 0 Å². The number of aliphatic hydroxyl groups is 1. The van der Waals surface area contributed by atoms with Gasteiger partial charge in [-0.1, -0.05) is 42.0 Å². The molecule has 0 bridgehead atoms. The third kappa shape index (κ3) is 2.65. The van der Waals surface area contributed by atoms with Gasteiger partial charge in [-0.25, -0.2) is 0 Å².